The molecule has 0 unspecified atom stereocenters. The van der Waals surface area contributed by atoms with Crippen molar-refractivity contribution in [2.45, 2.75) is 54.4 Å². The molecule has 0 fully saturated rings. The summed E-state index contributed by atoms with van der Waals surface area (Å²) in [7, 11) is 0. The first-order valence-electron chi connectivity index (χ1n) is 4.97. The van der Waals surface area contributed by atoms with Crippen LogP contribution in [0, 0.1) is 5.41 Å². The lowest BCUT2D eigenvalue weighted by molar-refractivity contribution is -0.117. The topological polar surface area (TPSA) is 17.1 Å². The van der Waals surface area contributed by atoms with Crippen molar-refractivity contribution < 1.29 is 4.79 Å². The predicted molar refractivity (Wildman–Crippen MR) is 57.7 cm³/mol. The Labute approximate surface area is 82.2 Å². The second-order valence-corrected chi connectivity index (χ2v) is 4.99. The molecule has 1 heteroatoms. The van der Waals surface area contributed by atoms with Gasteiger partial charge in [-0.1, -0.05) is 33.3 Å². The van der Waals surface area contributed by atoms with E-state index in [1.54, 1.807) is 0 Å². The highest BCUT2D eigenvalue weighted by molar-refractivity contribution is 5.96. The van der Waals surface area contributed by atoms with Gasteiger partial charge in [0.25, 0.3) is 0 Å². The average molecular weight is 182 g/mol. The average Bonchev–Trinajstić information content (AvgIpc) is 1.82. The molecule has 0 atom stereocenters. The van der Waals surface area contributed by atoms with Crippen LogP contribution in [0.25, 0.3) is 0 Å². The first kappa shape index (κ1) is 12.4. The van der Waals surface area contributed by atoms with Crippen LogP contribution >= 0.6 is 0 Å². The fourth-order valence-electron chi connectivity index (χ4n) is 1.42. The molecule has 0 aliphatic carbocycles. The molecule has 0 radical (unpaired) electrons. The monoisotopic (exact) mass is 182 g/mol. The Balaban J connectivity index is 4.52. The first-order valence-corrected chi connectivity index (χ1v) is 4.97. The molecule has 0 N–H and O–H groups in total. The molecule has 0 bridgehead atoms. The molecular formula is C12H22O. The summed E-state index contributed by atoms with van der Waals surface area (Å²) in [5.41, 5.74) is 2.28. The second-order valence-electron chi connectivity index (χ2n) is 4.99. The van der Waals surface area contributed by atoms with Crippen LogP contribution in [0.5, 0.6) is 0 Å². The lowest BCUT2D eigenvalue weighted by Crippen LogP contribution is -2.15. The summed E-state index contributed by atoms with van der Waals surface area (Å²) in [4.78, 5) is 11.8. The minimum atomic E-state index is 0.104. The second kappa shape index (κ2) is 4.59. The van der Waals surface area contributed by atoms with E-state index in [0.717, 1.165) is 17.6 Å². The number of carbonyl (C=O) groups is 1. The van der Waals surface area contributed by atoms with Gasteiger partial charge < -0.3 is 0 Å². The van der Waals surface area contributed by atoms with Crippen LogP contribution in [0.3, 0.4) is 0 Å². The minimum absolute atomic E-state index is 0.104. The van der Waals surface area contributed by atoms with Gasteiger partial charge in [0, 0.05) is 6.42 Å². The highest BCUT2D eigenvalue weighted by Crippen LogP contribution is 2.23. The Hall–Kier alpha value is -0.590. The maximum absolute atomic E-state index is 11.8. The summed E-state index contributed by atoms with van der Waals surface area (Å²) in [6.45, 7) is 12.4. The molecule has 0 amide bonds. The highest BCUT2D eigenvalue weighted by atomic mass is 16.1. The van der Waals surface area contributed by atoms with Crippen molar-refractivity contribution in [3.05, 3.63) is 11.1 Å². The molecule has 0 saturated carbocycles. The summed E-state index contributed by atoms with van der Waals surface area (Å²) in [5.74, 6) is 0.315. The zero-order valence-corrected chi connectivity index (χ0v) is 9.82. The largest absolute Gasteiger partial charge is 0.295 e. The number of rotatable bonds is 3. The molecule has 13 heavy (non-hydrogen) atoms. The third kappa shape index (κ3) is 4.87. The fraction of sp³-hybridized carbons (Fsp3) is 0.750. The van der Waals surface area contributed by atoms with E-state index < -0.39 is 0 Å². The van der Waals surface area contributed by atoms with Crippen molar-refractivity contribution in [2.75, 3.05) is 0 Å². The molecule has 0 aromatic heterocycles. The molecule has 0 rings (SSSR count). The van der Waals surface area contributed by atoms with Gasteiger partial charge >= 0.3 is 0 Å². The number of ketones is 1. The van der Waals surface area contributed by atoms with Crippen LogP contribution in [0.4, 0.5) is 0 Å². The fourth-order valence-corrected chi connectivity index (χ4v) is 1.42. The van der Waals surface area contributed by atoms with Gasteiger partial charge in [0.2, 0.25) is 0 Å². The van der Waals surface area contributed by atoms with Gasteiger partial charge in [-0.05, 0) is 31.3 Å². The number of carbonyl (C=O) groups excluding carboxylic acids is 1. The summed E-state index contributed by atoms with van der Waals surface area (Å²) in [5, 5.41) is 0. The van der Waals surface area contributed by atoms with Crippen LogP contribution < -0.4 is 0 Å². The Morgan fingerprint density at radius 1 is 1.15 bits per heavy atom. The van der Waals surface area contributed by atoms with Crippen LogP contribution in [0.2, 0.25) is 0 Å². The van der Waals surface area contributed by atoms with E-state index in [1.165, 1.54) is 0 Å². The highest BCUT2D eigenvalue weighted by Gasteiger charge is 2.18. The minimum Gasteiger partial charge on any atom is -0.295 e. The lowest BCUT2D eigenvalue weighted by atomic mass is 9.86. The molecule has 0 aromatic carbocycles. The van der Waals surface area contributed by atoms with Crippen LogP contribution in [-0.4, -0.2) is 5.78 Å². The summed E-state index contributed by atoms with van der Waals surface area (Å²) >= 11 is 0. The molecule has 0 spiro atoms. The van der Waals surface area contributed by atoms with Crippen molar-refractivity contribution in [3.8, 4) is 0 Å². The van der Waals surface area contributed by atoms with E-state index in [0.29, 0.717) is 12.2 Å². The van der Waals surface area contributed by atoms with Crippen LogP contribution in [0.15, 0.2) is 11.1 Å². The SMILES string of the molecule is CCC(C(=O)CC(C)(C)C)=C(C)C. The smallest absolute Gasteiger partial charge is 0.159 e. The molecule has 1 nitrogen and oxygen atoms in total. The number of hydrogen-bond donors (Lipinski definition) is 0. The number of Topliss-reactive ketones (excluding diaryl/α,β-unsaturated/α-hetero) is 1. The van der Waals surface area contributed by atoms with E-state index in [-0.39, 0.29) is 5.41 Å². The molecular weight excluding hydrogens is 160 g/mol. The summed E-state index contributed by atoms with van der Waals surface area (Å²) in [6, 6.07) is 0. The maximum Gasteiger partial charge on any atom is 0.159 e. The molecule has 0 saturated heterocycles. The molecule has 0 aliphatic rings. The van der Waals surface area contributed by atoms with Crippen LogP contribution in [0.1, 0.15) is 54.4 Å². The van der Waals surface area contributed by atoms with Gasteiger partial charge in [0.15, 0.2) is 5.78 Å². The maximum atomic E-state index is 11.8. The van der Waals surface area contributed by atoms with E-state index >= 15 is 0 Å². The van der Waals surface area contributed by atoms with Crippen molar-refractivity contribution in [2.24, 2.45) is 5.41 Å². The summed E-state index contributed by atoms with van der Waals surface area (Å²) in [6.07, 6.45) is 1.51. The van der Waals surface area contributed by atoms with E-state index in [4.69, 9.17) is 0 Å². The Morgan fingerprint density at radius 3 is 1.85 bits per heavy atom. The van der Waals surface area contributed by atoms with E-state index in [1.807, 2.05) is 20.8 Å². The van der Waals surface area contributed by atoms with Gasteiger partial charge in [0.1, 0.15) is 0 Å². The standard InChI is InChI=1S/C12H22O/c1-7-10(9(2)3)11(13)8-12(4,5)6/h7-8H2,1-6H3. The zero-order chi connectivity index (χ0) is 10.6. The van der Waals surface area contributed by atoms with Gasteiger partial charge in [-0.3, -0.25) is 4.79 Å². The van der Waals surface area contributed by atoms with Crippen molar-refractivity contribution in [1.29, 1.82) is 0 Å². The third-order valence-electron chi connectivity index (χ3n) is 1.98. The zero-order valence-electron chi connectivity index (χ0n) is 9.82. The first-order chi connectivity index (χ1) is 5.78. The van der Waals surface area contributed by atoms with Gasteiger partial charge in [-0.2, -0.15) is 0 Å². The van der Waals surface area contributed by atoms with Gasteiger partial charge in [0.05, 0.1) is 0 Å². The number of hydrogen-bond acceptors (Lipinski definition) is 1. The third-order valence-corrected chi connectivity index (χ3v) is 1.98. The van der Waals surface area contributed by atoms with Crippen molar-refractivity contribution in [1.82, 2.24) is 0 Å². The molecule has 76 valence electrons. The predicted octanol–water partition coefficient (Wildman–Crippen LogP) is 3.74. The Morgan fingerprint density at radius 2 is 1.62 bits per heavy atom. The van der Waals surface area contributed by atoms with E-state index in [2.05, 4.69) is 20.8 Å². The summed E-state index contributed by atoms with van der Waals surface area (Å²) < 4.78 is 0. The Kier molecular flexibility index (Phi) is 4.38. The van der Waals surface area contributed by atoms with Crippen LogP contribution in [-0.2, 0) is 4.79 Å². The van der Waals surface area contributed by atoms with Gasteiger partial charge in [-0.15, -0.1) is 0 Å². The van der Waals surface area contributed by atoms with Crippen molar-refractivity contribution >= 4 is 5.78 Å². The van der Waals surface area contributed by atoms with Crippen molar-refractivity contribution in [3.63, 3.8) is 0 Å². The molecule has 0 aliphatic heterocycles. The van der Waals surface area contributed by atoms with E-state index in [9.17, 15) is 4.79 Å². The normalized spacial score (nSPS) is 11.2. The van der Waals surface area contributed by atoms with Gasteiger partial charge in [-0.25, -0.2) is 0 Å². The molecule has 0 heterocycles. The lowest BCUT2D eigenvalue weighted by Gasteiger charge is -2.18. The quantitative estimate of drug-likeness (QED) is 0.608. The number of allylic oxidation sites excluding steroid dienone is 2. The Bertz CT molecular complexity index is 212. The molecule has 0 aromatic rings.